The van der Waals surface area contributed by atoms with E-state index in [1.165, 1.54) is 283 Å². The molecule has 0 bridgehead atoms. The third-order valence-electron chi connectivity index (χ3n) is 14.8. The first-order valence-corrected chi connectivity index (χ1v) is 31.1. The zero-order chi connectivity index (χ0) is 49.3. The fraction of sp³-hybridized carbons (Fsp3) is 0.921. The predicted molar refractivity (Wildman–Crippen MR) is 301 cm³/mol. The lowest BCUT2D eigenvalue weighted by molar-refractivity contribution is -0.124. The summed E-state index contributed by atoms with van der Waals surface area (Å²) in [4.78, 5) is 12.5. The van der Waals surface area contributed by atoms with Gasteiger partial charge < -0.3 is 20.6 Å². The van der Waals surface area contributed by atoms with Crippen molar-refractivity contribution in [3.8, 4) is 0 Å². The molecule has 0 saturated carbocycles. The second-order valence-electron chi connectivity index (χ2n) is 21.6. The van der Waals surface area contributed by atoms with Gasteiger partial charge in [-0.05, 0) is 64.2 Å². The molecule has 4 N–H and O–H groups in total. The molecule has 3 unspecified atom stereocenters. The fourth-order valence-corrected chi connectivity index (χ4v) is 9.99. The highest BCUT2D eigenvalue weighted by atomic mass is 16.3. The van der Waals surface area contributed by atoms with E-state index in [0.29, 0.717) is 12.8 Å². The average molecular weight is 959 g/mol. The molecule has 1 amide bonds. The standard InChI is InChI=1S/C63H123NO4/c1-3-5-7-9-11-13-15-17-19-21-23-24-25-26-27-28-29-30-31-32-33-34-35-36-37-38-40-42-44-46-48-50-52-54-56-58-62(67)64-60(59-65)63(68)61(66)57-55-53-51-49-47-45-43-41-39-22-20-18-16-14-12-10-8-6-4-2/h28-29,49,51,60-61,63,65-66,68H,3-27,30-48,50,52-59H2,1-2H3,(H,64,67)/b29-28-,51-49+. The van der Waals surface area contributed by atoms with Crippen molar-refractivity contribution in [3.05, 3.63) is 24.3 Å². The molecule has 5 nitrogen and oxygen atoms in total. The number of nitrogens with one attached hydrogen (secondary N) is 1. The van der Waals surface area contributed by atoms with Crippen LogP contribution in [0.3, 0.4) is 0 Å². The highest BCUT2D eigenvalue weighted by Gasteiger charge is 2.26. The molecule has 0 spiro atoms. The van der Waals surface area contributed by atoms with Crippen LogP contribution in [-0.2, 0) is 4.79 Å². The van der Waals surface area contributed by atoms with E-state index in [-0.39, 0.29) is 12.5 Å². The van der Waals surface area contributed by atoms with Crippen LogP contribution in [0, 0.1) is 0 Å². The maximum atomic E-state index is 12.5. The normalized spacial score (nSPS) is 13.3. The van der Waals surface area contributed by atoms with Gasteiger partial charge in [0.05, 0.1) is 18.8 Å². The first-order chi connectivity index (χ1) is 33.6. The summed E-state index contributed by atoms with van der Waals surface area (Å²) in [7, 11) is 0. The minimum atomic E-state index is -1.16. The zero-order valence-electron chi connectivity index (χ0n) is 46.3. The molecule has 0 aromatic heterocycles. The molecule has 0 heterocycles. The van der Waals surface area contributed by atoms with Crippen molar-refractivity contribution in [2.45, 2.75) is 366 Å². The van der Waals surface area contributed by atoms with Crippen molar-refractivity contribution in [1.29, 1.82) is 0 Å². The van der Waals surface area contributed by atoms with Crippen molar-refractivity contribution in [2.75, 3.05) is 6.61 Å². The van der Waals surface area contributed by atoms with E-state index in [2.05, 4.69) is 43.5 Å². The number of rotatable bonds is 58. The Labute approximate surface area is 426 Å². The number of amides is 1. The molecule has 0 aliphatic carbocycles. The molecule has 0 radical (unpaired) electrons. The van der Waals surface area contributed by atoms with Gasteiger partial charge in [-0.25, -0.2) is 0 Å². The topological polar surface area (TPSA) is 89.8 Å². The summed E-state index contributed by atoms with van der Waals surface area (Å²) < 4.78 is 0. The molecule has 0 fully saturated rings. The van der Waals surface area contributed by atoms with Gasteiger partial charge in [0.15, 0.2) is 0 Å². The number of hydrogen-bond donors (Lipinski definition) is 4. The highest BCUT2D eigenvalue weighted by Crippen LogP contribution is 2.18. The Morgan fingerprint density at radius 3 is 0.853 bits per heavy atom. The van der Waals surface area contributed by atoms with E-state index >= 15 is 0 Å². The molecular weight excluding hydrogens is 835 g/mol. The van der Waals surface area contributed by atoms with Gasteiger partial charge in [0, 0.05) is 6.42 Å². The van der Waals surface area contributed by atoms with Crippen molar-refractivity contribution in [3.63, 3.8) is 0 Å². The van der Waals surface area contributed by atoms with Gasteiger partial charge in [-0.2, -0.15) is 0 Å². The molecule has 0 aliphatic heterocycles. The number of carbonyl (C=O) groups excluding carboxylic acids is 1. The SMILES string of the molecule is CCCCCCCCCCCCCCCC/C=C\CCCCCCCCCCCCCCCCCCCC(=O)NC(CO)C(O)C(O)CCC/C=C/CCCCCCCCCCCCCCCC. The Hall–Kier alpha value is -1.17. The molecule has 0 aliphatic rings. The largest absolute Gasteiger partial charge is 0.394 e. The second kappa shape index (κ2) is 58.4. The highest BCUT2D eigenvalue weighted by molar-refractivity contribution is 5.76. The van der Waals surface area contributed by atoms with E-state index in [1.807, 2.05) is 0 Å². The van der Waals surface area contributed by atoms with Gasteiger partial charge in [0.2, 0.25) is 5.91 Å². The van der Waals surface area contributed by atoms with Crippen LogP contribution in [-0.4, -0.2) is 46.1 Å². The molecule has 3 atom stereocenters. The van der Waals surface area contributed by atoms with E-state index < -0.39 is 18.2 Å². The number of carbonyl (C=O) groups is 1. The van der Waals surface area contributed by atoms with Crippen LogP contribution in [0.25, 0.3) is 0 Å². The third kappa shape index (κ3) is 52.6. The fourth-order valence-electron chi connectivity index (χ4n) is 9.99. The van der Waals surface area contributed by atoms with E-state index in [4.69, 9.17) is 0 Å². The predicted octanol–water partition coefficient (Wildman–Crippen LogP) is 19.6. The van der Waals surface area contributed by atoms with Crippen LogP contribution in [0.2, 0.25) is 0 Å². The minimum absolute atomic E-state index is 0.148. The van der Waals surface area contributed by atoms with Crippen molar-refractivity contribution in [2.24, 2.45) is 0 Å². The monoisotopic (exact) mass is 958 g/mol. The summed E-state index contributed by atoms with van der Waals surface area (Å²) >= 11 is 0. The van der Waals surface area contributed by atoms with Crippen LogP contribution >= 0.6 is 0 Å². The van der Waals surface area contributed by atoms with Crippen LogP contribution in [0.4, 0.5) is 0 Å². The quantitative estimate of drug-likeness (QED) is 0.0361. The number of allylic oxidation sites excluding steroid dienone is 4. The zero-order valence-corrected chi connectivity index (χ0v) is 46.3. The van der Waals surface area contributed by atoms with Gasteiger partial charge in [0.1, 0.15) is 6.10 Å². The summed E-state index contributed by atoms with van der Waals surface area (Å²) in [6.45, 7) is 4.21. The Morgan fingerprint density at radius 1 is 0.353 bits per heavy atom. The summed E-state index contributed by atoms with van der Waals surface area (Å²) in [6.07, 6.45) is 75.1. The lowest BCUT2D eigenvalue weighted by atomic mass is 10.0. The summed E-state index contributed by atoms with van der Waals surface area (Å²) in [5, 5.41) is 33.8. The van der Waals surface area contributed by atoms with Gasteiger partial charge >= 0.3 is 0 Å². The van der Waals surface area contributed by atoms with Gasteiger partial charge in [-0.15, -0.1) is 0 Å². The Kier molecular flexibility index (Phi) is 57.4. The Bertz CT molecular complexity index is 1010. The molecule has 404 valence electrons. The second-order valence-corrected chi connectivity index (χ2v) is 21.6. The van der Waals surface area contributed by atoms with Crippen LogP contribution in [0.15, 0.2) is 24.3 Å². The molecule has 0 saturated heterocycles. The average Bonchev–Trinajstić information content (AvgIpc) is 3.34. The number of unbranched alkanes of at least 4 members (excludes halogenated alkanes) is 46. The molecule has 0 aromatic carbocycles. The minimum Gasteiger partial charge on any atom is -0.394 e. The molecular formula is C63H123NO4. The molecule has 0 rings (SSSR count). The van der Waals surface area contributed by atoms with E-state index in [9.17, 15) is 20.1 Å². The maximum absolute atomic E-state index is 12.5. The number of aliphatic hydroxyl groups excluding tert-OH is 3. The third-order valence-corrected chi connectivity index (χ3v) is 14.8. The van der Waals surface area contributed by atoms with Gasteiger partial charge in [-0.1, -0.05) is 301 Å². The van der Waals surface area contributed by atoms with Crippen molar-refractivity contribution in [1.82, 2.24) is 5.32 Å². The van der Waals surface area contributed by atoms with Crippen molar-refractivity contribution < 1.29 is 20.1 Å². The summed E-state index contributed by atoms with van der Waals surface area (Å²) in [5.41, 5.74) is 0. The van der Waals surface area contributed by atoms with Crippen LogP contribution in [0.1, 0.15) is 348 Å². The number of aliphatic hydroxyl groups is 3. The lowest BCUT2D eigenvalue weighted by Crippen LogP contribution is -2.50. The van der Waals surface area contributed by atoms with Crippen molar-refractivity contribution >= 4 is 5.91 Å². The molecule has 68 heavy (non-hydrogen) atoms. The van der Waals surface area contributed by atoms with Gasteiger partial charge in [-0.3, -0.25) is 4.79 Å². The lowest BCUT2D eigenvalue weighted by Gasteiger charge is -2.26. The van der Waals surface area contributed by atoms with E-state index in [1.54, 1.807) is 0 Å². The van der Waals surface area contributed by atoms with Crippen LogP contribution in [0.5, 0.6) is 0 Å². The first-order valence-electron chi connectivity index (χ1n) is 31.1. The van der Waals surface area contributed by atoms with Gasteiger partial charge in [0.25, 0.3) is 0 Å². The first kappa shape index (κ1) is 66.8. The van der Waals surface area contributed by atoms with Crippen LogP contribution < -0.4 is 5.32 Å². The Morgan fingerprint density at radius 2 is 0.588 bits per heavy atom. The summed E-state index contributed by atoms with van der Waals surface area (Å²) in [5.74, 6) is -0.148. The van der Waals surface area contributed by atoms with E-state index in [0.717, 1.165) is 38.5 Å². The molecule has 5 heteroatoms. The maximum Gasteiger partial charge on any atom is 0.220 e. The number of hydrogen-bond acceptors (Lipinski definition) is 4. The smallest absolute Gasteiger partial charge is 0.220 e. The summed E-state index contributed by atoms with van der Waals surface area (Å²) in [6, 6.07) is -0.825. The Balaban J connectivity index is 3.48. The molecule has 0 aromatic rings.